The number of rotatable bonds is 4. The Labute approximate surface area is 145 Å². The van der Waals surface area contributed by atoms with E-state index in [1.165, 1.54) is 11.3 Å². The molecule has 0 bridgehead atoms. The van der Waals surface area contributed by atoms with Gasteiger partial charge in [0.25, 0.3) is 5.91 Å². The maximum absolute atomic E-state index is 12.8. The summed E-state index contributed by atoms with van der Waals surface area (Å²) in [5, 5.41) is 1.81. The van der Waals surface area contributed by atoms with Gasteiger partial charge in [-0.3, -0.25) is 4.79 Å². The molecule has 2 fully saturated rings. The largest absolute Gasteiger partial charge is 0.353 e. The zero-order chi connectivity index (χ0) is 16.8. The van der Waals surface area contributed by atoms with Gasteiger partial charge >= 0.3 is 0 Å². The van der Waals surface area contributed by atoms with Crippen LogP contribution in [0.4, 0.5) is 0 Å². The Hall–Kier alpha value is -1.76. The molecule has 1 saturated heterocycles. The Bertz CT molecular complexity index is 720. The van der Waals surface area contributed by atoms with Crippen LogP contribution in [-0.2, 0) is 9.47 Å². The van der Waals surface area contributed by atoms with Crippen molar-refractivity contribution in [3.05, 3.63) is 52.5 Å². The van der Waals surface area contributed by atoms with Crippen molar-refractivity contribution in [1.29, 1.82) is 0 Å². The van der Waals surface area contributed by atoms with Gasteiger partial charge < -0.3 is 14.4 Å². The van der Waals surface area contributed by atoms with E-state index in [1.54, 1.807) is 19.7 Å². The first kappa shape index (κ1) is 15.7. The van der Waals surface area contributed by atoms with Crippen LogP contribution in [0.1, 0.15) is 34.9 Å². The highest BCUT2D eigenvalue weighted by Gasteiger charge is 2.67. The fraction of sp³-hybridized carbons (Fsp3) is 0.444. The third kappa shape index (κ3) is 2.21. The van der Waals surface area contributed by atoms with Gasteiger partial charge in [-0.05, 0) is 5.56 Å². The fourth-order valence-electron chi connectivity index (χ4n) is 4.26. The van der Waals surface area contributed by atoms with Crippen LogP contribution >= 0.6 is 11.3 Å². The molecule has 1 aromatic heterocycles. The number of amides is 1. The second-order valence-corrected chi connectivity index (χ2v) is 7.37. The summed E-state index contributed by atoms with van der Waals surface area (Å²) in [7, 11) is 3.37. The number of hydrogen-bond donors (Lipinski definition) is 0. The monoisotopic (exact) mass is 344 g/mol. The Morgan fingerprint density at radius 1 is 1.25 bits per heavy atom. The average Bonchev–Trinajstić information content (AvgIpc) is 3.09. The first-order chi connectivity index (χ1) is 11.6. The highest BCUT2D eigenvalue weighted by atomic mass is 32.1. The van der Waals surface area contributed by atoms with Gasteiger partial charge in [-0.15, -0.1) is 11.3 Å². The third-order valence-corrected chi connectivity index (χ3v) is 5.98. The van der Waals surface area contributed by atoms with Crippen molar-refractivity contribution in [3.8, 4) is 0 Å². The minimum absolute atomic E-state index is 0.00283. The van der Waals surface area contributed by atoms with Crippen molar-refractivity contribution in [3.63, 3.8) is 0 Å². The molecule has 2 aliphatic rings. The molecule has 5 nitrogen and oxygen atoms in total. The van der Waals surface area contributed by atoms with Gasteiger partial charge in [0.05, 0.1) is 11.6 Å². The molecule has 6 heteroatoms. The molecule has 2 aromatic rings. The highest BCUT2D eigenvalue weighted by molar-refractivity contribution is 7.07. The van der Waals surface area contributed by atoms with Gasteiger partial charge in [0.1, 0.15) is 5.69 Å². The van der Waals surface area contributed by atoms with Crippen molar-refractivity contribution in [2.75, 3.05) is 20.8 Å². The van der Waals surface area contributed by atoms with E-state index < -0.39 is 5.79 Å². The number of benzene rings is 1. The van der Waals surface area contributed by atoms with E-state index in [0.29, 0.717) is 5.69 Å². The highest BCUT2D eigenvalue weighted by Crippen LogP contribution is 2.65. The minimum atomic E-state index is -0.511. The van der Waals surface area contributed by atoms with E-state index in [2.05, 4.69) is 17.1 Å². The first-order valence-electron chi connectivity index (χ1n) is 7.97. The molecule has 0 N–H and O–H groups in total. The van der Waals surface area contributed by atoms with Crippen LogP contribution in [0.5, 0.6) is 0 Å². The topological polar surface area (TPSA) is 51.7 Å². The van der Waals surface area contributed by atoms with Crippen molar-refractivity contribution in [2.45, 2.75) is 24.7 Å². The number of carbonyl (C=O) groups is 1. The second kappa shape index (κ2) is 5.65. The normalized spacial score (nSPS) is 23.6. The van der Waals surface area contributed by atoms with Crippen molar-refractivity contribution < 1.29 is 14.3 Å². The van der Waals surface area contributed by atoms with Gasteiger partial charge in [0, 0.05) is 44.4 Å². The van der Waals surface area contributed by atoms with Gasteiger partial charge in [-0.2, -0.15) is 0 Å². The third-order valence-electron chi connectivity index (χ3n) is 5.39. The van der Waals surface area contributed by atoms with Crippen LogP contribution in [0.15, 0.2) is 41.2 Å². The lowest BCUT2D eigenvalue weighted by molar-refractivity contribution is -0.330. The molecular formula is C18H20N2O3S. The Kier molecular flexibility index (Phi) is 3.71. The van der Waals surface area contributed by atoms with Crippen LogP contribution in [0.3, 0.4) is 0 Å². The summed E-state index contributed by atoms with van der Waals surface area (Å²) >= 11 is 1.44. The lowest BCUT2D eigenvalue weighted by atomic mass is 9.53. The van der Waals surface area contributed by atoms with E-state index >= 15 is 0 Å². The van der Waals surface area contributed by atoms with Crippen LogP contribution in [0.25, 0.3) is 0 Å². The number of hydrogen-bond acceptors (Lipinski definition) is 5. The molecular weight excluding hydrogens is 324 g/mol. The number of aromatic nitrogens is 1. The van der Waals surface area contributed by atoms with Crippen molar-refractivity contribution >= 4 is 17.2 Å². The van der Waals surface area contributed by atoms with Crippen LogP contribution in [0, 0.1) is 5.41 Å². The smallest absolute Gasteiger partial charge is 0.273 e. The zero-order valence-corrected chi connectivity index (χ0v) is 14.6. The molecule has 1 amide bonds. The van der Waals surface area contributed by atoms with Gasteiger partial charge in [0.2, 0.25) is 0 Å². The Morgan fingerprint density at radius 3 is 2.54 bits per heavy atom. The molecule has 1 spiro atoms. The summed E-state index contributed by atoms with van der Waals surface area (Å²) in [6.45, 7) is 0.720. The number of ether oxygens (including phenoxy) is 2. The maximum atomic E-state index is 12.8. The number of methoxy groups -OCH3 is 2. The van der Waals surface area contributed by atoms with E-state index in [4.69, 9.17) is 9.47 Å². The summed E-state index contributed by atoms with van der Waals surface area (Å²) < 4.78 is 11.1. The first-order valence-corrected chi connectivity index (χ1v) is 8.92. The average molecular weight is 344 g/mol. The SMILES string of the molecule is COC1(OC)CC2(CN(C(=O)c3cscn3)C2c2ccccc2)C1. The molecule has 1 atom stereocenters. The number of nitrogens with zero attached hydrogens (tertiary/aromatic N) is 2. The van der Waals surface area contributed by atoms with Gasteiger partial charge in [-0.25, -0.2) is 4.98 Å². The van der Waals surface area contributed by atoms with Crippen LogP contribution in [0.2, 0.25) is 0 Å². The molecule has 24 heavy (non-hydrogen) atoms. The van der Waals surface area contributed by atoms with E-state index in [1.807, 2.05) is 28.5 Å². The lowest BCUT2D eigenvalue weighted by Crippen LogP contribution is -2.71. The molecule has 0 radical (unpaired) electrons. The predicted molar refractivity (Wildman–Crippen MR) is 90.7 cm³/mol. The van der Waals surface area contributed by atoms with Crippen LogP contribution < -0.4 is 0 Å². The quantitative estimate of drug-likeness (QED) is 0.800. The zero-order valence-electron chi connectivity index (χ0n) is 13.8. The Balaban J connectivity index is 1.63. The molecule has 4 rings (SSSR count). The molecule has 1 saturated carbocycles. The summed E-state index contributed by atoms with van der Waals surface area (Å²) in [6, 6.07) is 10.3. The van der Waals surface area contributed by atoms with Crippen LogP contribution in [-0.4, -0.2) is 42.3 Å². The summed E-state index contributed by atoms with van der Waals surface area (Å²) in [6.07, 6.45) is 1.60. The number of likely N-dealkylation sites (tertiary alicyclic amines) is 1. The summed E-state index contributed by atoms with van der Waals surface area (Å²) in [5.74, 6) is -0.508. The van der Waals surface area contributed by atoms with E-state index in [0.717, 1.165) is 24.9 Å². The fourth-order valence-corrected chi connectivity index (χ4v) is 4.78. The van der Waals surface area contributed by atoms with Crippen molar-refractivity contribution in [1.82, 2.24) is 9.88 Å². The molecule has 2 heterocycles. The predicted octanol–water partition coefficient (Wildman–Crippen LogP) is 3.11. The summed E-state index contributed by atoms with van der Waals surface area (Å²) in [4.78, 5) is 18.9. The molecule has 1 aliphatic carbocycles. The lowest BCUT2D eigenvalue weighted by Gasteiger charge is -2.67. The molecule has 1 aliphatic heterocycles. The van der Waals surface area contributed by atoms with E-state index in [-0.39, 0.29) is 17.4 Å². The minimum Gasteiger partial charge on any atom is -0.353 e. The molecule has 126 valence electrons. The van der Waals surface area contributed by atoms with E-state index in [9.17, 15) is 4.79 Å². The molecule has 1 unspecified atom stereocenters. The molecule has 1 aromatic carbocycles. The standard InChI is InChI=1S/C18H20N2O3S/c1-22-18(23-2)9-17(10-18)11-20(16(21)14-8-24-12-19-14)15(17)13-6-4-3-5-7-13/h3-8,12,15H,9-11H2,1-2H3. The summed E-state index contributed by atoms with van der Waals surface area (Å²) in [5.41, 5.74) is 3.41. The van der Waals surface area contributed by atoms with Gasteiger partial charge in [0.15, 0.2) is 5.79 Å². The second-order valence-electron chi connectivity index (χ2n) is 6.65. The number of thiazole rings is 1. The van der Waals surface area contributed by atoms with Gasteiger partial charge in [-0.1, -0.05) is 30.3 Å². The number of carbonyl (C=O) groups excluding carboxylic acids is 1. The maximum Gasteiger partial charge on any atom is 0.273 e. The van der Waals surface area contributed by atoms with Crippen molar-refractivity contribution in [2.24, 2.45) is 5.41 Å². The Morgan fingerprint density at radius 2 is 1.96 bits per heavy atom.